The van der Waals surface area contributed by atoms with Gasteiger partial charge in [-0.05, 0) is 24.3 Å². The maximum atomic E-state index is 13.0. The second-order valence-corrected chi connectivity index (χ2v) is 6.42. The number of rotatable bonds is 3. The van der Waals surface area contributed by atoms with Gasteiger partial charge in [-0.25, -0.2) is 9.78 Å². The number of halogens is 1. The van der Waals surface area contributed by atoms with Gasteiger partial charge in [-0.3, -0.25) is 4.79 Å². The smallest absolute Gasteiger partial charge is 0.354 e. The molecule has 4 rings (SSSR count). The summed E-state index contributed by atoms with van der Waals surface area (Å²) in [7, 11) is 0. The Labute approximate surface area is 150 Å². The summed E-state index contributed by atoms with van der Waals surface area (Å²) in [5.74, 6) is -1.51. The van der Waals surface area contributed by atoms with Crippen molar-refractivity contribution in [1.29, 1.82) is 0 Å². The number of carbonyl (C=O) groups excluding carboxylic acids is 1. The Hall–Kier alpha value is -2.99. The summed E-state index contributed by atoms with van der Waals surface area (Å²) in [6, 6.07) is 16.0. The lowest BCUT2D eigenvalue weighted by Gasteiger charge is -2.06. The summed E-state index contributed by atoms with van der Waals surface area (Å²) < 4.78 is 0.631. The number of carboxylic acid groups (broad SMARTS) is 1. The molecule has 2 heterocycles. The predicted octanol–water partition coefficient (Wildman–Crippen LogP) is 4.41. The van der Waals surface area contributed by atoms with E-state index in [0.717, 1.165) is 10.9 Å². The van der Waals surface area contributed by atoms with E-state index in [0.29, 0.717) is 20.9 Å². The number of aromatic carboxylic acids is 1. The Morgan fingerprint density at radius 1 is 1.00 bits per heavy atom. The minimum absolute atomic E-state index is 0.0954. The van der Waals surface area contributed by atoms with Gasteiger partial charge < -0.3 is 10.1 Å². The van der Waals surface area contributed by atoms with E-state index in [1.54, 1.807) is 24.3 Å². The largest absolute Gasteiger partial charge is 0.477 e. The number of carbonyl (C=O) groups is 2. The lowest BCUT2D eigenvalue weighted by atomic mass is 10.0. The van der Waals surface area contributed by atoms with Crippen LogP contribution in [-0.4, -0.2) is 26.8 Å². The molecule has 0 saturated heterocycles. The Morgan fingerprint density at radius 2 is 1.72 bits per heavy atom. The second kappa shape index (κ2) is 5.82. The summed E-state index contributed by atoms with van der Waals surface area (Å²) in [5.41, 5.74) is 1.72. The summed E-state index contributed by atoms with van der Waals surface area (Å²) in [6.07, 6.45) is 0. The van der Waals surface area contributed by atoms with E-state index in [1.165, 1.54) is 6.07 Å². The van der Waals surface area contributed by atoms with E-state index >= 15 is 0 Å². The third-order valence-electron chi connectivity index (χ3n) is 4.05. The Balaban J connectivity index is 2.07. The lowest BCUT2D eigenvalue weighted by Crippen LogP contribution is -2.10. The molecule has 122 valence electrons. The average Bonchev–Trinajstić information content (AvgIpc) is 2.99. The van der Waals surface area contributed by atoms with Gasteiger partial charge in [-0.1, -0.05) is 46.3 Å². The van der Waals surface area contributed by atoms with Crippen LogP contribution in [-0.2, 0) is 0 Å². The zero-order chi connectivity index (χ0) is 17.6. The molecule has 2 N–H and O–H groups in total. The number of hydrogen-bond acceptors (Lipinski definition) is 3. The molecule has 0 aliphatic heterocycles. The standard InChI is InChI=1S/C19H11BrN2O3/c20-13-7-3-1-6-11(13)18(23)17-16-12(9-15(22-17)19(24)25)10-5-2-4-8-14(10)21-16/h1-9,21H,(H,24,25). The molecule has 0 bridgehead atoms. The number of pyridine rings is 1. The molecule has 0 atom stereocenters. The molecule has 2 aromatic carbocycles. The number of fused-ring (bicyclic) bond motifs is 3. The number of H-pyrrole nitrogens is 1. The van der Waals surface area contributed by atoms with Crippen molar-refractivity contribution in [3.63, 3.8) is 0 Å². The van der Waals surface area contributed by atoms with Crippen molar-refractivity contribution in [2.75, 3.05) is 0 Å². The van der Waals surface area contributed by atoms with Crippen molar-refractivity contribution in [3.8, 4) is 0 Å². The van der Waals surface area contributed by atoms with Crippen LogP contribution in [0.25, 0.3) is 21.8 Å². The maximum Gasteiger partial charge on any atom is 0.354 e. The van der Waals surface area contributed by atoms with Gasteiger partial charge in [-0.15, -0.1) is 0 Å². The Bertz CT molecular complexity index is 1160. The number of benzene rings is 2. The van der Waals surface area contributed by atoms with Gasteiger partial charge in [0.05, 0.1) is 5.52 Å². The third kappa shape index (κ3) is 2.51. The molecule has 5 nitrogen and oxygen atoms in total. The average molecular weight is 395 g/mol. The zero-order valence-electron chi connectivity index (χ0n) is 12.8. The van der Waals surface area contributed by atoms with E-state index in [-0.39, 0.29) is 17.2 Å². The van der Waals surface area contributed by atoms with E-state index in [2.05, 4.69) is 25.9 Å². The molecule has 0 radical (unpaired) electrons. The van der Waals surface area contributed by atoms with Crippen LogP contribution in [0.5, 0.6) is 0 Å². The number of carboxylic acids is 1. The molecule has 2 aromatic heterocycles. The SMILES string of the molecule is O=C(O)c1cc2c([nH]c3ccccc32)c(C(=O)c2ccccc2Br)n1. The van der Waals surface area contributed by atoms with Crippen LogP contribution in [0.3, 0.4) is 0 Å². The van der Waals surface area contributed by atoms with Crippen molar-refractivity contribution < 1.29 is 14.7 Å². The summed E-state index contributed by atoms with van der Waals surface area (Å²) >= 11 is 3.37. The number of ketones is 1. The molecular weight excluding hydrogens is 384 g/mol. The first-order chi connectivity index (χ1) is 12.1. The van der Waals surface area contributed by atoms with Crippen LogP contribution in [0.15, 0.2) is 59.1 Å². The van der Waals surface area contributed by atoms with Gasteiger partial charge in [0.15, 0.2) is 0 Å². The van der Waals surface area contributed by atoms with Crippen molar-refractivity contribution in [2.45, 2.75) is 0 Å². The first-order valence-corrected chi connectivity index (χ1v) is 8.29. The normalized spacial score (nSPS) is 11.1. The molecule has 0 spiro atoms. The van der Waals surface area contributed by atoms with Gasteiger partial charge in [0, 0.05) is 26.3 Å². The summed E-state index contributed by atoms with van der Waals surface area (Å²) in [5, 5.41) is 10.9. The molecule has 4 aromatic rings. The van der Waals surface area contributed by atoms with E-state index in [4.69, 9.17) is 0 Å². The molecule has 0 unspecified atom stereocenters. The van der Waals surface area contributed by atoms with Gasteiger partial charge in [0.25, 0.3) is 0 Å². The number of aromatic nitrogens is 2. The number of nitrogens with zero attached hydrogens (tertiary/aromatic N) is 1. The van der Waals surface area contributed by atoms with Crippen LogP contribution >= 0.6 is 15.9 Å². The Morgan fingerprint density at radius 3 is 2.48 bits per heavy atom. The molecule has 0 saturated carbocycles. The zero-order valence-corrected chi connectivity index (χ0v) is 14.4. The number of hydrogen-bond donors (Lipinski definition) is 2. The molecule has 0 fully saturated rings. The first kappa shape index (κ1) is 15.5. The maximum absolute atomic E-state index is 13.0. The van der Waals surface area contributed by atoms with Crippen molar-refractivity contribution in [3.05, 3.63) is 76.0 Å². The fraction of sp³-hybridized carbons (Fsp3) is 0. The topological polar surface area (TPSA) is 83.0 Å². The van der Waals surface area contributed by atoms with Gasteiger partial charge in [-0.2, -0.15) is 0 Å². The van der Waals surface area contributed by atoms with Gasteiger partial charge in [0.2, 0.25) is 5.78 Å². The molecule has 25 heavy (non-hydrogen) atoms. The summed E-state index contributed by atoms with van der Waals surface area (Å²) in [6.45, 7) is 0. The Kier molecular flexibility index (Phi) is 3.62. The highest BCUT2D eigenvalue weighted by Gasteiger charge is 2.22. The van der Waals surface area contributed by atoms with Crippen LogP contribution in [0.4, 0.5) is 0 Å². The van der Waals surface area contributed by atoms with Gasteiger partial charge in [0.1, 0.15) is 11.4 Å². The first-order valence-electron chi connectivity index (χ1n) is 7.50. The highest BCUT2D eigenvalue weighted by molar-refractivity contribution is 9.10. The third-order valence-corrected chi connectivity index (χ3v) is 4.74. The van der Waals surface area contributed by atoms with Crippen molar-refractivity contribution >= 4 is 49.5 Å². The number of para-hydroxylation sites is 1. The highest BCUT2D eigenvalue weighted by atomic mass is 79.9. The monoisotopic (exact) mass is 394 g/mol. The molecular formula is C19H11BrN2O3. The number of aromatic amines is 1. The fourth-order valence-electron chi connectivity index (χ4n) is 2.89. The molecule has 0 aliphatic rings. The van der Waals surface area contributed by atoms with Crippen molar-refractivity contribution in [1.82, 2.24) is 9.97 Å². The molecule has 0 aliphatic carbocycles. The van der Waals surface area contributed by atoms with Crippen LogP contribution in [0.2, 0.25) is 0 Å². The van der Waals surface area contributed by atoms with E-state index in [9.17, 15) is 14.7 Å². The second-order valence-electron chi connectivity index (χ2n) is 5.56. The van der Waals surface area contributed by atoms with Crippen LogP contribution in [0.1, 0.15) is 26.5 Å². The van der Waals surface area contributed by atoms with Crippen LogP contribution in [0, 0.1) is 0 Å². The minimum Gasteiger partial charge on any atom is -0.477 e. The molecule has 6 heteroatoms. The van der Waals surface area contributed by atoms with Gasteiger partial charge >= 0.3 is 5.97 Å². The quantitative estimate of drug-likeness (QED) is 0.504. The minimum atomic E-state index is -1.17. The predicted molar refractivity (Wildman–Crippen MR) is 98.1 cm³/mol. The van der Waals surface area contributed by atoms with Crippen LogP contribution < -0.4 is 0 Å². The summed E-state index contributed by atoms with van der Waals surface area (Å²) in [4.78, 5) is 31.8. The lowest BCUT2D eigenvalue weighted by molar-refractivity contribution is 0.0690. The van der Waals surface area contributed by atoms with Crippen molar-refractivity contribution in [2.24, 2.45) is 0 Å². The highest BCUT2D eigenvalue weighted by Crippen LogP contribution is 2.30. The molecule has 0 amide bonds. The van der Waals surface area contributed by atoms with E-state index in [1.807, 2.05) is 24.3 Å². The fourth-order valence-corrected chi connectivity index (χ4v) is 3.36. The van der Waals surface area contributed by atoms with E-state index < -0.39 is 5.97 Å². The number of nitrogens with one attached hydrogen (secondary N) is 1.